The highest BCUT2D eigenvalue weighted by Gasteiger charge is 2.51. The van der Waals surface area contributed by atoms with E-state index in [1.807, 2.05) is 30.3 Å². The fraction of sp³-hybridized carbons (Fsp3) is 0.480. The van der Waals surface area contributed by atoms with Crippen LogP contribution in [0.5, 0.6) is 0 Å². The van der Waals surface area contributed by atoms with Crippen LogP contribution in [0.15, 0.2) is 36.5 Å². The molecule has 1 saturated carbocycles. The van der Waals surface area contributed by atoms with E-state index in [1.54, 1.807) is 11.1 Å². The lowest BCUT2D eigenvalue weighted by Crippen LogP contribution is -2.55. The minimum atomic E-state index is -0.764. The molecule has 2 aromatic rings. The van der Waals surface area contributed by atoms with Crippen LogP contribution >= 0.6 is 11.3 Å². The number of hydrogen-bond donors (Lipinski definition) is 2. The van der Waals surface area contributed by atoms with Gasteiger partial charge < -0.3 is 15.5 Å². The fourth-order valence-corrected chi connectivity index (χ4v) is 5.92. The summed E-state index contributed by atoms with van der Waals surface area (Å²) in [4.78, 5) is 45.6. The maximum atomic E-state index is 13.4. The third-order valence-electron chi connectivity index (χ3n) is 7.31. The highest BCUT2D eigenvalue weighted by atomic mass is 32.1. The average molecular weight is 478 g/mol. The third-order valence-corrected chi connectivity index (χ3v) is 8.34. The largest absolute Gasteiger partial charge is 0.356 e. The number of carbonyl (C=O) groups is 3. The number of aromatic nitrogens is 1. The van der Waals surface area contributed by atoms with Gasteiger partial charge in [-0.05, 0) is 49.5 Å². The van der Waals surface area contributed by atoms with Gasteiger partial charge in [0.25, 0.3) is 5.91 Å². The van der Waals surface area contributed by atoms with E-state index in [-0.39, 0.29) is 35.5 Å². The highest BCUT2D eigenvalue weighted by Crippen LogP contribution is 2.55. The molecule has 34 heavy (non-hydrogen) atoms. The van der Waals surface area contributed by atoms with E-state index in [1.165, 1.54) is 11.3 Å². The van der Waals surface area contributed by atoms with Gasteiger partial charge in [0.2, 0.25) is 11.8 Å². The summed E-state index contributed by atoms with van der Waals surface area (Å²) < 4.78 is 0. The molecule has 3 unspecified atom stereocenters. The predicted octanol–water partition coefficient (Wildman–Crippen LogP) is 2.73. The van der Waals surface area contributed by atoms with E-state index in [0.717, 1.165) is 29.7 Å². The Bertz CT molecular complexity index is 1140. The number of nitrogens with one attached hydrogen (secondary N) is 2. The van der Waals surface area contributed by atoms with Crippen LogP contribution in [0.1, 0.15) is 48.3 Å². The Hall–Kier alpha value is -3.25. The van der Waals surface area contributed by atoms with Crippen LogP contribution in [-0.4, -0.2) is 52.8 Å². The van der Waals surface area contributed by atoms with Crippen molar-refractivity contribution >= 4 is 29.1 Å². The molecule has 2 N–H and O–H groups in total. The van der Waals surface area contributed by atoms with Crippen molar-refractivity contribution in [2.24, 2.45) is 11.3 Å². The van der Waals surface area contributed by atoms with Gasteiger partial charge in [-0.15, -0.1) is 11.3 Å². The SMILES string of the molecule is N#CC(CC1CCNC1=O)NC(=O)C1CC2(CCN1C(=O)c1ncc(-c3ccccc3)s1)CC2. The number of rotatable bonds is 6. The minimum Gasteiger partial charge on any atom is -0.356 e. The first-order valence-corrected chi connectivity index (χ1v) is 12.6. The number of nitriles is 1. The summed E-state index contributed by atoms with van der Waals surface area (Å²) in [6.07, 6.45) is 6.26. The molecule has 2 saturated heterocycles. The molecule has 1 aromatic heterocycles. The molecule has 1 spiro atoms. The molecule has 3 fully saturated rings. The van der Waals surface area contributed by atoms with Gasteiger partial charge in [-0.2, -0.15) is 5.26 Å². The van der Waals surface area contributed by atoms with E-state index < -0.39 is 12.1 Å². The average Bonchev–Trinajstić information content (AvgIpc) is 3.23. The molecule has 9 heteroatoms. The van der Waals surface area contributed by atoms with Gasteiger partial charge in [-0.1, -0.05) is 30.3 Å². The summed E-state index contributed by atoms with van der Waals surface area (Å²) in [5, 5.41) is 15.6. The van der Waals surface area contributed by atoms with E-state index in [2.05, 4.69) is 21.7 Å². The van der Waals surface area contributed by atoms with E-state index in [0.29, 0.717) is 30.9 Å². The Morgan fingerprint density at radius 2 is 2.09 bits per heavy atom. The van der Waals surface area contributed by atoms with Crippen LogP contribution in [0.4, 0.5) is 0 Å². The summed E-state index contributed by atoms with van der Waals surface area (Å²) in [6, 6.07) is 10.5. The van der Waals surface area contributed by atoms with Gasteiger partial charge in [-0.3, -0.25) is 14.4 Å². The first kappa shape index (κ1) is 22.5. The van der Waals surface area contributed by atoms with Crippen LogP contribution in [0.2, 0.25) is 0 Å². The molecular formula is C25H27N5O3S. The van der Waals surface area contributed by atoms with Crippen LogP contribution in [0, 0.1) is 22.7 Å². The van der Waals surface area contributed by atoms with E-state index in [9.17, 15) is 19.6 Å². The number of benzene rings is 1. The Morgan fingerprint density at radius 3 is 2.76 bits per heavy atom. The lowest BCUT2D eigenvalue weighted by molar-refractivity contribution is -0.128. The van der Waals surface area contributed by atoms with Crippen molar-refractivity contribution in [3.8, 4) is 16.5 Å². The molecule has 176 valence electrons. The van der Waals surface area contributed by atoms with Crippen molar-refractivity contribution in [1.82, 2.24) is 20.5 Å². The molecule has 0 bridgehead atoms. The standard InChI is InChI=1S/C25H27N5O3S/c26-14-18(12-17-6-10-27-21(17)31)29-22(32)19-13-25(7-8-25)9-11-30(19)24(33)23-28-15-20(34-23)16-4-2-1-3-5-16/h1-5,15,17-19H,6-13H2,(H,27,31)(H,29,32). The molecule has 3 aliphatic rings. The van der Waals surface area contributed by atoms with Crippen molar-refractivity contribution in [2.75, 3.05) is 13.1 Å². The number of nitrogens with zero attached hydrogens (tertiary/aromatic N) is 3. The zero-order valence-corrected chi connectivity index (χ0v) is 19.6. The minimum absolute atomic E-state index is 0.0705. The van der Waals surface area contributed by atoms with Crippen LogP contribution in [0.25, 0.3) is 10.4 Å². The number of thiazole rings is 1. The maximum absolute atomic E-state index is 13.4. The Labute approximate surface area is 202 Å². The summed E-state index contributed by atoms with van der Waals surface area (Å²) in [6.45, 7) is 1.10. The van der Waals surface area contributed by atoms with Gasteiger partial charge in [-0.25, -0.2) is 4.98 Å². The molecule has 3 atom stereocenters. The quantitative estimate of drug-likeness (QED) is 0.664. The second kappa shape index (κ2) is 9.18. The molecule has 5 rings (SSSR count). The van der Waals surface area contributed by atoms with Gasteiger partial charge in [0.1, 0.15) is 12.1 Å². The first-order valence-electron chi connectivity index (χ1n) is 11.8. The van der Waals surface area contributed by atoms with Crippen molar-refractivity contribution in [2.45, 2.75) is 50.6 Å². The predicted molar refractivity (Wildman–Crippen MR) is 127 cm³/mol. The van der Waals surface area contributed by atoms with Crippen LogP contribution in [-0.2, 0) is 9.59 Å². The van der Waals surface area contributed by atoms with Gasteiger partial charge in [0, 0.05) is 25.2 Å². The lowest BCUT2D eigenvalue weighted by atomic mass is 9.87. The Morgan fingerprint density at radius 1 is 1.29 bits per heavy atom. The number of amides is 3. The molecule has 3 amide bonds. The third kappa shape index (κ3) is 4.55. The van der Waals surface area contributed by atoms with Crippen molar-refractivity contribution < 1.29 is 14.4 Å². The summed E-state index contributed by atoms with van der Waals surface area (Å²) in [7, 11) is 0. The lowest BCUT2D eigenvalue weighted by Gasteiger charge is -2.38. The van der Waals surface area contributed by atoms with Gasteiger partial charge >= 0.3 is 0 Å². The number of hydrogen-bond acceptors (Lipinski definition) is 6. The molecule has 0 radical (unpaired) electrons. The first-order chi connectivity index (χ1) is 16.5. The maximum Gasteiger partial charge on any atom is 0.283 e. The molecule has 2 aliphatic heterocycles. The smallest absolute Gasteiger partial charge is 0.283 e. The zero-order chi connectivity index (χ0) is 23.7. The van der Waals surface area contributed by atoms with Crippen LogP contribution < -0.4 is 10.6 Å². The van der Waals surface area contributed by atoms with Crippen molar-refractivity contribution in [3.63, 3.8) is 0 Å². The molecular weight excluding hydrogens is 450 g/mol. The van der Waals surface area contributed by atoms with Crippen molar-refractivity contribution in [3.05, 3.63) is 41.5 Å². The second-order valence-electron chi connectivity index (χ2n) is 9.57. The second-order valence-corrected chi connectivity index (χ2v) is 10.6. The molecule has 1 aromatic carbocycles. The number of carbonyl (C=O) groups excluding carboxylic acids is 3. The molecule has 3 heterocycles. The molecule has 1 aliphatic carbocycles. The van der Waals surface area contributed by atoms with Gasteiger partial charge in [0.05, 0.1) is 10.9 Å². The summed E-state index contributed by atoms with van der Waals surface area (Å²) in [5.41, 5.74) is 1.13. The van der Waals surface area contributed by atoms with Crippen molar-refractivity contribution in [1.29, 1.82) is 5.26 Å². The van der Waals surface area contributed by atoms with E-state index in [4.69, 9.17) is 0 Å². The van der Waals surface area contributed by atoms with E-state index >= 15 is 0 Å². The van der Waals surface area contributed by atoms with Gasteiger partial charge in [0.15, 0.2) is 5.01 Å². The number of likely N-dealkylation sites (tertiary alicyclic amines) is 1. The monoisotopic (exact) mass is 477 g/mol. The highest BCUT2D eigenvalue weighted by molar-refractivity contribution is 7.16. The fourth-order valence-electron chi connectivity index (χ4n) is 5.04. The number of piperidine rings is 1. The Balaban J connectivity index is 1.31. The summed E-state index contributed by atoms with van der Waals surface area (Å²) in [5.74, 6) is -0.898. The Kier molecular flexibility index (Phi) is 6.09. The van der Waals surface area contributed by atoms with Crippen LogP contribution in [0.3, 0.4) is 0 Å². The normalized spacial score (nSPS) is 23.7. The molecule has 8 nitrogen and oxygen atoms in total. The zero-order valence-electron chi connectivity index (χ0n) is 18.8. The summed E-state index contributed by atoms with van der Waals surface area (Å²) >= 11 is 1.33. The topological polar surface area (TPSA) is 115 Å².